The standard InChI is InChI=1S/C21H33N5O15P2/c1-10(22)17(28)26-16(9-40-42(34,35)36)20(31)24-14(7-12-3-5-13(6-4-12)41-43(37,38)39)18(29)25-15(8-27)19(30)23-11(2)21(32)33/h3-6,10-11,14-16,27H,7-9,22H2,1-2H3,(H,23,30)(H,24,31)(H,25,29)(H,26,28)(H,32,33)(H2,34,35,36)(H2,37,38,39)/t10-,11-,14-,15-,16-/m0/s1. The van der Waals surface area contributed by atoms with Crippen molar-refractivity contribution < 1.29 is 71.9 Å². The molecule has 0 spiro atoms. The number of carboxylic acid groups (broad SMARTS) is 1. The molecule has 5 atom stereocenters. The van der Waals surface area contributed by atoms with Gasteiger partial charge in [0.05, 0.1) is 19.3 Å². The number of amides is 4. The van der Waals surface area contributed by atoms with E-state index in [2.05, 4.69) is 25.0 Å². The zero-order valence-electron chi connectivity index (χ0n) is 22.6. The van der Waals surface area contributed by atoms with Gasteiger partial charge in [0.2, 0.25) is 23.6 Å². The van der Waals surface area contributed by atoms with E-state index in [1.807, 2.05) is 5.32 Å². The van der Waals surface area contributed by atoms with Gasteiger partial charge in [0, 0.05) is 6.42 Å². The Morgan fingerprint density at radius 3 is 1.74 bits per heavy atom. The van der Waals surface area contributed by atoms with Crippen molar-refractivity contribution in [2.75, 3.05) is 13.2 Å². The van der Waals surface area contributed by atoms with E-state index in [4.69, 9.17) is 30.4 Å². The van der Waals surface area contributed by atoms with E-state index in [0.29, 0.717) is 0 Å². The Morgan fingerprint density at radius 1 is 0.791 bits per heavy atom. The van der Waals surface area contributed by atoms with Crippen LogP contribution in [0.25, 0.3) is 0 Å². The minimum atomic E-state index is -5.13. The summed E-state index contributed by atoms with van der Waals surface area (Å²) in [5.41, 5.74) is 5.70. The quantitative estimate of drug-likeness (QED) is 0.0715. The number of rotatable bonds is 17. The van der Waals surface area contributed by atoms with E-state index in [1.54, 1.807) is 0 Å². The predicted molar refractivity (Wildman–Crippen MR) is 143 cm³/mol. The third kappa shape index (κ3) is 14.5. The van der Waals surface area contributed by atoms with E-state index in [1.165, 1.54) is 19.1 Å². The molecule has 0 saturated carbocycles. The summed E-state index contributed by atoms with van der Waals surface area (Å²) in [6.07, 6.45) is -0.396. The van der Waals surface area contributed by atoms with E-state index < -0.39 is 95.1 Å². The molecule has 4 amide bonds. The van der Waals surface area contributed by atoms with Crippen LogP contribution < -0.4 is 31.5 Å². The summed E-state index contributed by atoms with van der Waals surface area (Å²) in [7, 11) is -10.0. The SMILES string of the molecule is C[C@H](N)C(=O)N[C@@H](COP(=O)(O)O)C(=O)N[C@@H](Cc1ccc(OP(=O)(O)O)cc1)C(=O)N[C@@H](CO)C(=O)N[C@@H](C)C(=O)O. The number of aliphatic hydroxyl groups excluding tert-OH is 1. The van der Waals surface area contributed by atoms with Crippen molar-refractivity contribution in [3.63, 3.8) is 0 Å². The number of hydrogen-bond donors (Lipinski definition) is 11. The highest BCUT2D eigenvalue weighted by molar-refractivity contribution is 7.46. The van der Waals surface area contributed by atoms with Crippen LogP contribution in [0.4, 0.5) is 0 Å². The van der Waals surface area contributed by atoms with E-state index >= 15 is 0 Å². The number of nitrogens with one attached hydrogen (secondary N) is 4. The van der Waals surface area contributed by atoms with Crippen LogP contribution in [0.5, 0.6) is 5.75 Å². The van der Waals surface area contributed by atoms with Gasteiger partial charge in [-0.25, -0.2) is 9.13 Å². The Bertz CT molecular complexity index is 1250. The van der Waals surface area contributed by atoms with Crippen molar-refractivity contribution in [3.8, 4) is 5.75 Å². The minimum absolute atomic E-state index is 0.241. The number of aliphatic hydroxyl groups is 1. The Hall–Kier alpha value is -3.45. The van der Waals surface area contributed by atoms with Crippen LogP contribution in [0, 0.1) is 0 Å². The van der Waals surface area contributed by atoms with Gasteiger partial charge in [0.25, 0.3) is 0 Å². The molecule has 0 heterocycles. The summed E-state index contributed by atoms with van der Waals surface area (Å²) < 4.78 is 31.0. The Labute approximate surface area is 243 Å². The third-order valence-electron chi connectivity index (χ3n) is 5.22. The molecule has 0 saturated heterocycles. The lowest BCUT2D eigenvalue weighted by atomic mass is 10.0. The first kappa shape index (κ1) is 37.6. The molecular weight excluding hydrogens is 624 g/mol. The number of nitrogens with two attached hydrogens (primary N) is 1. The van der Waals surface area contributed by atoms with Crippen molar-refractivity contribution in [3.05, 3.63) is 29.8 Å². The fourth-order valence-corrected chi connectivity index (χ4v) is 3.78. The zero-order chi connectivity index (χ0) is 33.1. The number of hydrogen-bond acceptors (Lipinski definition) is 11. The summed E-state index contributed by atoms with van der Waals surface area (Å²) in [6.45, 7) is 0.305. The molecule has 12 N–H and O–H groups in total. The molecule has 22 heteroatoms. The summed E-state index contributed by atoms with van der Waals surface area (Å²) >= 11 is 0. The highest BCUT2D eigenvalue weighted by atomic mass is 31.2. The number of carbonyl (C=O) groups excluding carboxylic acids is 4. The monoisotopic (exact) mass is 657 g/mol. The van der Waals surface area contributed by atoms with Gasteiger partial charge in [-0.3, -0.25) is 38.3 Å². The maximum absolute atomic E-state index is 13.2. The number of phosphoric ester groups is 2. The second-order valence-electron chi connectivity index (χ2n) is 8.94. The zero-order valence-corrected chi connectivity index (χ0v) is 24.4. The van der Waals surface area contributed by atoms with Crippen LogP contribution in [0.2, 0.25) is 0 Å². The highest BCUT2D eigenvalue weighted by Gasteiger charge is 2.32. The van der Waals surface area contributed by atoms with Gasteiger partial charge in [-0.1, -0.05) is 12.1 Å². The average Bonchev–Trinajstić information content (AvgIpc) is 2.88. The molecule has 0 radical (unpaired) electrons. The Morgan fingerprint density at radius 2 is 1.28 bits per heavy atom. The van der Waals surface area contributed by atoms with Crippen molar-refractivity contribution in [2.45, 2.75) is 50.5 Å². The fraction of sp³-hybridized carbons (Fsp3) is 0.476. The van der Waals surface area contributed by atoms with Gasteiger partial charge in [-0.15, -0.1) is 0 Å². The minimum Gasteiger partial charge on any atom is -0.480 e. The summed E-state index contributed by atoms with van der Waals surface area (Å²) in [5.74, 6) is -6.00. The molecule has 0 aliphatic rings. The summed E-state index contributed by atoms with van der Waals surface area (Å²) in [6, 6.07) is -2.92. The maximum Gasteiger partial charge on any atom is 0.524 e. The Balaban J connectivity index is 3.30. The number of phosphoric acid groups is 2. The van der Waals surface area contributed by atoms with Crippen LogP contribution >= 0.6 is 15.6 Å². The van der Waals surface area contributed by atoms with Gasteiger partial charge in [0.1, 0.15) is 29.9 Å². The lowest BCUT2D eigenvalue weighted by Gasteiger charge is -2.25. The molecule has 0 unspecified atom stereocenters. The molecule has 1 rings (SSSR count). The highest BCUT2D eigenvalue weighted by Crippen LogP contribution is 2.37. The van der Waals surface area contributed by atoms with Crippen LogP contribution in [0.1, 0.15) is 19.4 Å². The van der Waals surface area contributed by atoms with Crippen LogP contribution in [-0.2, 0) is 44.0 Å². The van der Waals surface area contributed by atoms with E-state index in [9.17, 15) is 38.2 Å². The fourth-order valence-electron chi connectivity index (χ4n) is 3.04. The molecule has 242 valence electrons. The van der Waals surface area contributed by atoms with E-state index in [-0.39, 0.29) is 11.3 Å². The summed E-state index contributed by atoms with van der Waals surface area (Å²) in [4.78, 5) is 97.7. The van der Waals surface area contributed by atoms with E-state index in [0.717, 1.165) is 19.1 Å². The predicted octanol–water partition coefficient (Wildman–Crippen LogP) is -3.81. The number of benzene rings is 1. The first-order valence-corrected chi connectivity index (χ1v) is 15.1. The molecule has 20 nitrogen and oxygen atoms in total. The Kier molecular flexibility index (Phi) is 14.3. The molecule has 0 aromatic heterocycles. The van der Waals surface area contributed by atoms with Gasteiger partial charge in [-0.05, 0) is 31.5 Å². The molecule has 1 aromatic carbocycles. The topological polar surface area (TPSA) is 333 Å². The van der Waals surface area contributed by atoms with Crippen LogP contribution in [0.3, 0.4) is 0 Å². The lowest BCUT2D eigenvalue weighted by Crippen LogP contribution is -2.60. The maximum atomic E-state index is 13.2. The number of aliphatic carboxylic acids is 1. The molecule has 43 heavy (non-hydrogen) atoms. The van der Waals surface area contributed by atoms with Gasteiger partial charge in [0.15, 0.2) is 0 Å². The van der Waals surface area contributed by atoms with Crippen molar-refractivity contribution in [2.24, 2.45) is 5.73 Å². The molecule has 0 aliphatic heterocycles. The average molecular weight is 657 g/mol. The first-order chi connectivity index (χ1) is 19.7. The third-order valence-corrected chi connectivity index (χ3v) is 6.16. The van der Waals surface area contributed by atoms with Gasteiger partial charge >= 0.3 is 21.6 Å². The molecule has 1 aromatic rings. The largest absolute Gasteiger partial charge is 0.524 e. The number of carbonyl (C=O) groups is 5. The second-order valence-corrected chi connectivity index (χ2v) is 11.3. The number of carboxylic acids is 1. The van der Waals surface area contributed by atoms with Crippen molar-refractivity contribution >= 4 is 45.2 Å². The normalized spacial score (nSPS) is 15.2. The molecule has 0 bridgehead atoms. The first-order valence-electron chi connectivity index (χ1n) is 12.1. The second kappa shape index (κ2) is 16.4. The van der Waals surface area contributed by atoms with Gasteiger partial charge < -0.3 is 51.5 Å². The van der Waals surface area contributed by atoms with Crippen molar-refractivity contribution in [1.82, 2.24) is 21.3 Å². The smallest absolute Gasteiger partial charge is 0.480 e. The summed E-state index contributed by atoms with van der Waals surface area (Å²) in [5, 5.41) is 27.1. The van der Waals surface area contributed by atoms with Gasteiger partial charge in [-0.2, -0.15) is 0 Å². The van der Waals surface area contributed by atoms with Crippen LogP contribution in [0.15, 0.2) is 24.3 Å². The lowest BCUT2D eigenvalue weighted by molar-refractivity contribution is -0.142. The molecule has 0 fully saturated rings. The van der Waals surface area contributed by atoms with Crippen LogP contribution in [-0.4, -0.2) is 103 Å². The molecular formula is C21H33N5O15P2. The molecule has 0 aliphatic carbocycles. The van der Waals surface area contributed by atoms with Crippen molar-refractivity contribution in [1.29, 1.82) is 0 Å².